The van der Waals surface area contributed by atoms with Crippen molar-refractivity contribution in [2.75, 3.05) is 27.2 Å². The molecule has 4 aliphatic rings. The van der Waals surface area contributed by atoms with Gasteiger partial charge in [-0.05, 0) is 76.0 Å². The number of nitrogens with zero attached hydrogens (tertiary/aromatic N) is 2. The van der Waals surface area contributed by atoms with E-state index in [0.717, 1.165) is 31.5 Å². The molecule has 10 nitrogen and oxygen atoms in total. The fraction of sp³-hybridized carbons (Fsp3) is 0.519. The Kier molecular flexibility index (Phi) is 6.17. The van der Waals surface area contributed by atoms with E-state index in [1.165, 1.54) is 12.5 Å². The number of phenolic OH excluding ortho intramolecular Hbond substituents is 1. The number of aliphatic hydroxyl groups excluding tert-OH is 2. The SMILES string of the molecule is CN(C)C1C(O)=C(C(N)=O)C(=O)C2(O)C(O)=C3C(=O)c4c(O)ccc(CN5CCCCC5)c4CC3CC12. The minimum absolute atomic E-state index is 0.0651. The zero-order chi connectivity index (χ0) is 26.8. The van der Waals surface area contributed by atoms with Crippen LogP contribution in [-0.2, 0) is 22.6 Å². The van der Waals surface area contributed by atoms with Crippen molar-refractivity contribution in [3.63, 3.8) is 0 Å². The number of phenols is 1. The molecule has 1 fully saturated rings. The van der Waals surface area contributed by atoms with E-state index in [-0.39, 0.29) is 23.3 Å². The van der Waals surface area contributed by atoms with Gasteiger partial charge in [0.2, 0.25) is 5.78 Å². The number of aromatic hydroxyl groups is 1. The number of aliphatic hydroxyl groups is 3. The van der Waals surface area contributed by atoms with Crippen molar-refractivity contribution in [2.24, 2.45) is 17.6 Å². The van der Waals surface area contributed by atoms with Gasteiger partial charge < -0.3 is 26.2 Å². The van der Waals surface area contributed by atoms with Crippen LogP contribution < -0.4 is 5.73 Å². The van der Waals surface area contributed by atoms with Crippen LogP contribution in [0.25, 0.3) is 0 Å². The van der Waals surface area contributed by atoms with Gasteiger partial charge in [0.15, 0.2) is 11.4 Å². The zero-order valence-electron chi connectivity index (χ0n) is 21.0. The van der Waals surface area contributed by atoms with Gasteiger partial charge in [-0.2, -0.15) is 0 Å². The number of likely N-dealkylation sites (tertiary alicyclic amines) is 1. The number of likely N-dealkylation sites (N-methyl/N-ethyl adjacent to an activating group) is 1. The highest BCUT2D eigenvalue weighted by molar-refractivity contribution is 6.24. The van der Waals surface area contributed by atoms with Gasteiger partial charge in [-0.15, -0.1) is 0 Å². The summed E-state index contributed by atoms with van der Waals surface area (Å²) in [5.74, 6) is -6.34. The second-order valence-electron chi connectivity index (χ2n) is 10.9. The highest BCUT2D eigenvalue weighted by Crippen LogP contribution is 2.52. The van der Waals surface area contributed by atoms with Gasteiger partial charge in [0.1, 0.15) is 22.8 Å². The molecule has 4 unspecified atom stereocenters. The molecule has 0 aromatic heterocycles. The van der Waals surface area contributed by atoms with Crippen molar-refractivity contribution < 1.29 is 34.8 Å². The Balaban J connectivity index is 1.64. The minimum atomic E-state index is -2.62. The average Bonchev–Trinajstić information content (AvgIpc) is 2.83. The van der Waals surface area contributed by atoms with E-state index >= 15 is 0 Å². The summed E-state index contributed by atoms with van der Waals surface area (Å²) < 4.78 is 0. The molecule has 5 rings (SSSR count). The molecule has 6 N–H and O–H groups in total. The van der Waals surface area contributed by atoms with E-state index in [1.54, 1.807) is 19.0 Å². The summed E-state index contributed by atoms with van der Waals surface area (Å²) in [5.41, 5.74) is 3.49. The van der Waals surface area contributed by atoms with Crippen molar-refractivity contribution in [1.29, 1.82) is 0 Å². The van der Waals surface area contributed by atoms with Gasteiger partial charge in [0.25, 0.3) is 5.91 Å². The molecule has 0 bridgehead atoms. The number of fused-ring (bicyclic) bond motifs is 3. The lowest BCUT2D eigenvalue weighted by Gasteiger charge is -2.50. The summed E-state index contributed by atoms with van der Waals surface area (Å²) in [5, 5.41) is 44.5. The lowest BCUT2D eigenvalue weighted by Crippen LogP contribution is -2.63. The maximum absolute atomic E-state index is 13.8. The molecule has 1 aromatic carbocycles. The predicted octanol–water partition coefficient (Wildman–Crippen LogP) is 1.11. The molecule has 1 saturated heterocycles. The van der Waals surface area contributed by atoms with Gasteiger partial charge in [-0.1, -0.05) is 12.5 Å². The molecule has 1 heterocycles. The van der Waals surface area contributed by atoms with Crippen LogP contribution in [0.15, 0.2) is 34.8 Å². The number of carbonyl (C=O) groups is 3. The highest BCUT2D eigenvalue weighted by Gasteiger charge is 2.63. The number of rotatable bonds is 4. The molecule has 198 valence electrons. The number of nitrogens with two attached hydrogens (primary N) is 1. The van der Waals surface area contributed by atoms with Gasteiger partial charge in [0.05, 0.1) is 11.6 Å². The van der Waals surface area contributed by atoms with Crippen LogP contribution in [0.1, 0.15) is 47.2 Å². The first-order valence-corrected chi connectivity index (χ1v) is 12.7. The fourth-order valence-electron chi connectivity index (χ4n) is 6.82. The van der Waals surface area contributed by atoms with E-state index < -0.39 is 58.0 Å². The molecule has 1 aliphatic heterocycles. The van der Waals surface area contributed by atoms with Crippen molar-refractivity contribution in [2.45, 2.75) is 50.3 Å². The third-order valence-corrected chi connectivity index (χ3v) is 8.55. The average molecular weight is 512 g/mol. The van der Waals surface area contributed by atoms with Crippen molar-refractivity contribution in [1.82, 2.24) is 9.80 Å². The van der Waals surface area contributed by atoms with Crippen LogP contribution in [0.5, 0.6) is 5.75 Å². The minimum Gasteiger partial charge on any atom is -0.510 e. The highest BCUT2D eigenvalue weighted by atomic mass is 16.3. The summed E-state index contributed by atoms with van der Waals surface area (Å²) in [6, 6.07) is 2.29. The topological polar surface area (TPSA) is 165 Å². The zero-order valence-corrected chi connectivity index (χ0v) is 21.0. The van der Waals surface area contributed by atoms with E-state index in [0.29, 0.717) is 18.5 Å². The summed E-state index contributed by atoms with van der Waals surface area (Å²) in [7, 11) is 3.23. The Morgan fingerprint density at radius 2 is 1.81 bits per heavy atom. The first-order chi connectivity index (χ1) is 17.5. The molecular formula is C27H33N3O7. The number of primary amides is 1. The van der Waals surface area contributed by atoms with Crippen molar-refractivity contribution in [3.05, 3.63) is 51.5 Å². The second-order valence-corrected chi connectivity index (χ2v) is 10.9. The summed E-state index contributed by atoms with van der Waals surface area (Å²) in [6.07, 6.45) is 3.80. The van der Waals surface area contributed by atoms with Crippen LogP contribution in [0, 0.1) is 11.8 Å². The molecule has 10 heteroatoms. The number of Topliss-reactive ketones (excluding diaryl/α,β-unsaturated/α-hetero) is 2. The standard InChI is InChI=1S/C27H33N3O7/c1-29(2)21-16-11-14-10-15-13(12-30-8-4-3-5-9-30)6-7-17(31)19(15)22(32)18(14)24(34)27(16,37)25(35)20(23(21)33)26(28)36/h6-7,14,16,21,31,33-34,37H,3-5,8-12H2,1-2H3,(H2,28,36). The van der Waals surface area contributed by atoms with E-state index in [4.69, 9.17) is 5.73 Å². The lowest BCUT2D eigenvalue weighted by atomic mass is 9.58. The Bertz CT molecular complexity index is 1260. The normalized spacial score (nSPS) is 30.3. The van der Waals surface area contributed by atoms with Crippen LogP contribution in [-0.4, -0.2) is 86.5 Å². The number of hydrogen-bond donors (Lipinski definition) is 5. The maximum atomic E-state index is 13.8. The first kappa shape index (κ1) is 25.4. The number of piperidine rings is 1. The van der Waals surface area contributed by atoms with E-state index in [9.17, 15) is 34.8 Å². The molecule has 1 aromatic rings. The van der Waals surface area contributed by atoms with Gasteiger partial charge in [-0.3, -0.25) is 24.2 Å². The van der Waals surface area contributed by atoms with Crippen LogP contribution >= 0.6 is 0 Å². The molecule has 37 heavy (non-hydrogen) atoms. The number of benzene rings is 1. The Morgan fingerprint density at radius 3 is 2.43 bits per heavy atom. The van der Waals surface area contributed by atoms with Gasteiger partial charge >= 0.3 is 0 Å². The molecule has 4 atom stereocenters. The number of amides is 1. The molecule has 0 radical (unpaired) electrons. The molecular weight excluding hydrogens is 478 g/mol. The van der Waals surface area contributed by atoms with Crippen LogP contribution in [0.2, 0.25) is 0 Å². The van der Waals surface area contributed by atoms with E-state index in [1.807, 2.05) is 6.07 Å². The Labute approximate surface area is 214 Å². The van der Waals surface area contributed by atoms with Crippen molar-refractivity contribution in [3.8, 4) is 5.75 Å². The fourth-order valence-corrected chi connectivity index (χ4v) is 6.82. The Hall–Kier alpha value is -3.21. The lowest BCUT2D eigenvalue weighted by molar-refractivity contribution is -0.148. The maximum Gasteiger partial charge on any atom is 0.255 e. The second kappa shape index (κ2) is 8.97. The number of hydrogen-bond acceptors (Lipinski definition) is 9. The largest absolute Gasteiger partial charge is 0.510 e. The number of carbonyl (C=O) groups excluding carboxylic acids is 3. The molecule has 0 saturated carbocycles. The first-order valence-electron chi connectivity index (χ1n) is 12.7. The summed E-state index contributed by atoms with van der Waals surface area (Å²) >= 11 is 0. The molecule has 0 spiro atoms. The third kappa shape index (κ3) is 3.69. The summed E-state index contributed by atoms with van der Waals surface area (Å²) in [4.78, 5) is 43.0. The summed E-state index contributed by atoms with van der Waals surface area (Å²) in [6.45, 7) is 2.54. The monoisotopic (exact) mass is 511 g/mol. The van der Waals surface area contributed by atoms with Gasteiger partial charge in [0, 0.05) is 18.0 Å². The van der Waals surface area contributed by atoms with Crippen LogP contribution in [0.4, 0.5) is 0 Å². The predicted molar refractivity (Wildman–Crippen MR) is 133 cm³/mol. The van der Waals surface area contributed by atoms with Crippen LogP contribution in [0.3, 0.4) is 0 Å². The number of ketones is 2. The molecule has 3 aliphatic carbocycles. The van der Waals surface area contributed by atoms with Gasteiger partial charge in [-0.25, -0.2) is 0 Å². The number of allylic oxidation sites excluding steroid dienone is 1. The molecule has 1 amide bonds. The third-order valence-electron chi connectivity index (χ3n) is 8.55. The van der Waals surface area contributed by atoms with Crippen molar-refractivity contribution >= 4 is 17.5 Å². The quantitative estimate of drug-likeness (QED) is 0.372. The Morgan fingerprint density at radius 1 is 1.14 bits per heavy atom. The smallest absolute Gasteiger partial charge is 0.255 e. The van der Waals surface area contributed by atoms with E-state index in [2.05, 4.69) is 4.90 Å².